The molecule has 1 unspecified atom stereocenters. The normalized spacial score (nSPS) is 15.3. The first kappa shape index (κ1) is 18.4. The van der Waals surface area contributed by atoms with E-state index in [-0.39, 0.29) is 11.7 Å². The first-order valence-corrected chi connectivity index (χ1v) is 9.89. The molecule has 7 heteroatoms. The van der Waals surface area contributed by atoms with Crippen LogP contribution in [0.3, 0.4) is 0 Å². The van der Waals surface area contributed by atoms with Crippen molar-refractivity contribution in [2.75, 3.05) is 6.54 Å². The highest BCUT2D eigenvalue weighted by Gasteiger charge is 2.25. The molecule has 4 aromatic rings. The highest BCUT2D eigenvalue weighted by atomic mass is 19.1. The third kappa shape index (κ3) is 3.43. The van der Waals surface area contributed by atoms with Crippen molar-refractivity contribution >= 4 is 16.8 Å². The fraction of sp³-hybridized carbons (Fsp3) is 0.217. The average Bonchev–Trinajstić information content (AvgIpc) is 3.33. The fourth-order valence-corrected chi connectivity index (χ4v) is 3.94. The van der Waals surface area contributed by atoms with E-state index >= 15 is 0 Å². The molecule has 5 rings (SSSR count). The van der Waals surface area contributed by atoms with Gasteiger partial charge in [0.2, 0.25) is 0 Å². The van der Waals surface area contributed by atoms with Crippen LogP contribution in [0, 0.1) is 18.7 Å². The van der Waals surface area contributed by atoms with Gasteiger partial charge in [-0.15, -0.1) is 10.2 Å². The average molecular weight is 401 g/mol. The molecule has 1 N–H and O–H groups in total. The van der Waals surface area contributed by atoms with Crippen molar-refractivity contribution in [1.29, 1.82) is 0 Å². The Labute approximate surface area is 172 Å². The number of nitrogens with one attached hydrogen (secondary N) is 1. The molecule has 30 heavy (non-hydrogen) atoms. The van der Waals surface area contributed by atoms with E-state index in [9.17, 15) is 9.18 Å². The van der Waals surface area contributed by atoms with Gasteiger partial charge >= 0.3 is 0 Å². The number of nitrogens with zero attached hydrogens (tertiary/aromatic N) is 4. The molecule has 0 bridgehead atoms. The minimum atomic E-state index is -0.299. The van der Waals surface area contributed by atoms with Crippen LogP contribution < -0.4 is 5.32 Å². The van der Waals surface area contributed by atoms with Gasteiger partial charge in [-0.05, 0) is 42.8 Å². The number of rotatable bonds is 4. The van der Waals surface area contributed by atoms with E-state index < -0.39 is 0 Å². The summed E-state index contributed by atoms with van der Waals surface area (Å²) in [5.41, 5.74) is 3.11. The number of carbonyl (C=O) groups is 1. The molecule has 6 nitrogen and oxygen atoms in total. The van der Waals surface area contributed by atoms with Crippen LogP contribution in [0.5, 0.6) is 0 Å². The molecule has 2 aromatic carbocycles. The van der Waals surface area contributed by atoms with Crippen molar-refractivity contribution in [3.05, 3.63) is 77.8 Å². The van der Waals surface area contributed by atoms with Gasteiger partial charge in [-0.3, -0.25) is 9.78 Å². The summed E-state index contributed by atoms with van der Waals surface area (Å²) in [4.78, 5) is 16.9. The van der Waals surface area contributed by atoms with Gasteiger partial charge < -0.3 is 9.88 Å². The summed E-state index contributed by atoms with van der Waals surface area (Å²) in [6.07, 6.45) is 2.55. The third-order valence-electron chi connectivity index (χ3n) is 5.60. The Hall–Kier alpha value is -3.61. The molecule has 1 amide bonds. The molecule has 0 aliphatic carbocycles. The Morgan fingerprint density at radius 2 is 1.97 bits per heavy atom. The molecule has 3 heterocycles. The van der Waals surface area contributed by atoms with E-state index in [1.807, 2.05) is 37.3 Å². The minimum Gasteiger partial charge on any atom is -0.352 e. The second-order valence-electron chi connectivity index (χ2n) is 7.69. The van der Waals surface area contributed by atoms with Gasteiger partial charge in [0.25, 0.3) is 5.91 Å². The van der Waals surface area contributed by atoms with Gasteiger partial charge in [-0.2, -0.15) is 0 Å². The third-order valence-corrected chi connectivity index (χ3v) is 5.60. The van der Waals surface area contributed by atoms with Crippen molar-refractivity contribution in [3.63, 3.8) is 0 Å². The second kappa shape index (κ2) is 7.33. The quantitative estimate of drug-likeness (QED) is 0.568. The lowest BCUT2D eigenvalue weighted by Gasteiger charge is -2.11. The van der Waals surface area contributed by atoms with E-state index in [4.69, 9.17) is 0 Å². The molecule has 2 aromatic heterocycles. The summed E-state index contributed by atoms with van der Waals surface area (Å²) in [5, 5.41) is 12.1. The molecule has 1 atom stereocenters. The number of carbonyl (C=O) groups excluding carboxylic acids is 1. The molecule has 0 saturated heterocycles. The number of pyridine rings is 1. The topological polar surface area (TPSA) is 72.7 Å². The first-order chi connectivity index (χ1) is 14.6. The van der Waals surface area contributed by atoms with Crippen LogP contribution in [0.1, 0.15) is 22.0 Å². The van der Waals surface area contributed by atoms with Gasteiger partial charge in [-0.1, -0.05) is 12.1 Å². The minimum absolute atomic E-state index is 0.0898. The maximum Gasteiger partial charge on any atom is 0.251 e. The molecule has 150 valence electrons. The number of benzene rings is 2. The maximum atomic E-state index is 13.3. The zero-order valence-corrected chi connectivity index (χ0v) is 16.5. The molecular weight excluding hydrogens is 381 g/mol. The van der Waals surface area contributed by atoms with Crippen molar-refractivity contribution in [2.24, 2.45) is 5.92 Å². The molecule has 0 saturated carbocycles. The van der Waals surface area contributed by atoms with E-state index in [2.05, 4.69) is 25.1 Å². The number of amides is 1. The Balaban J connectivity index is 1.24. The van der Waals surface area contributed by atoms with Crippen LogP contribution in [0.2, 0.25) is 0 Å². The van der Waals surface area contributed by atoms with E-state index in [1.165, 1.54) is 12.1 Å². The van der Waals surface area contributed by atoms with E-state index in [0.29, 0.717) is 23.5 Å². The number of hydrogen-bond acceptors (Lipinski definition) is 4. The van der Waals surface area contributed by atoms with Crippen LogP contribution in [-0.2, 0) is 13.0 Å². The lowest BCUT2D eigenvalue weighted by atomic mass is 10.0. The SMILES string of the molecule is Cc1nnc2n1CC(CNC(=O)c1ccc(-c3cnc4cc(F)ccc4c3)cc1)C2. The number of hydrogen-bond donors (Lipinski definition) is 1. The first-order valence-electron chi connectivity index (χ1n) is 9.89. The predicted octanol–water partition coefficient (Wildman–Crippen LogP) is 3.54. The van der Waals surface area contributed by atoms with E-state index in [1.54, 1.807) is 12.3 Å². The Morgan fingerprint density at radius 3 is 2.77 bits per heavy atom. The van der Waals surface area contributed by atoms with Crippen LogP contribution in [0.4, 0.5) is 4.39 Å². The fourth-order valence-electron chi connectivity index (χ4n) is 3.94. The monoisotopic (exact) mass is 401 g/mol. The van der Waals surface area contributed by atoms with Crippen LogP contribution >= 0.6 is 0 Å². The number of halogens is 1. The molecule has 1 aliphatic heterocycles. The van der Waals surface area contributed by atoms with Crippen LogP contribution in [0.15, 0.2) is 54.7 Å². The van der Waals surface area contributed by atoms with Gasteiger partial charge in [0.05, 0.1) is 5.52 Å². The van der Waals surface area contributed by atoms with Crippen molar-refractivity contribution in [3.8, 4) is 11.1 Å². The number of aryl methyl sites for hydroxylation is 1. The Kier molecular flexibility index (Phi) is 4.50. The molecule has 0 radical (unpaired) electrons. The number of fused-ring (bicyclic) bond motifs is 2. The standard InChI is InChI=1S/C23H20FN5O/c1-14-27-28-22-8-15(13-29(14)22)11-26-23(30)17-4-2-16(3-5-17)19-9-18-6-7-20(24)10-21(18)25-12-19/h2-7,9-10,12,15H,8,11,13H2,1H3,(H,26,30). The molecule has 0 fully saturated rings. The predicted molar refractivity (Wildman–Crippen MR) is 111 cm³/mol. The summed E-state index contributed by atoms with van der Waals surface area (Å²) >= 11 is 0. The van der Waals surface area contributed by atoms with Crippen LogP contribution in [0.25, 0.3) is 22.0 Å². The lowest BCUT2D eigenvalue weighted by molar-refractivity contribution is 0.0947. The highest BCUT2D eigenvalue weighted by Crippen LogP contribution is 2.24. The maximum absolute atomic E-state index is 13.3. The number of aromatic nitrogens is 4. The van der Waals surface area contributed by atoms with Gasteiger partial charge in [0.15, 0.2) is 0 Å². The van der Waals surface area contributed by atoms with Crippen molar-refractivity contribution in [2.45, 2.75) is 19.9 Å². The summed E-state index contributed by atoms with van der Waals surface area (Å²) < 4.78 is 15.4. The van der Waals surface area contributed by atoms with Gasteiger partial charge in [0, 0.05) is 54.2 Å². The smallest absolute Gasteiger partial charge is 0.251 e. The molecule has 0 spiro atoms. The summed E-state index contributed by atoms with van der Waals surface area (Å²) in [6, 6.07) is 14.0. The second-order valence-corrected chi connectivity index (χ2v) is 7.69. The van der Waals surface area contributed by atoms with E-state index in [0.717, 1.165) is 41.1 Å². The lowest BCUT2D eigenvalue weighted by Crippen LogP contribution is -2.30. The largest absolute Gasteiger partial charge is 0.352 e. The zero-order chi connectivity index (χ0) is 20.7. The Bertz CT molecular complexity index is 1250. The van der Waals surface area contributed by atoms with Crippen molar-refractivity contribution < 1.29 is 9.18 Å². The zero-order valence-electron chi connectivity index (χ0n) is 16.5. The summed E-state index contributed by atoms with van der Waals surface area (Å²) in [6.45, 7) is 3.39. The highest BCUT2D eigenvalue weighted by molar-refractivity contribution is 5.94. The van der Waals surface area contributed by atoms with Gasteiger partial charge in [-0.25, -0.2) is 4.39 Å². The Morgan fingerprint density at radius 1 is 1.13 bits per heavy atom. The summed E-state index contributed by atoms with van der Waals surface area (Å²) in [5.74, 6) is 1.86. The van der Waals surface area contributed by atoms with Crippen molar-refractivity contribution in [1.82, 2.24) is 25.1 Å². The molecular formula is C23H20FN5O. The molecule has 1 aliphatic rings. The summed E-state index contributed by atoms with van der Waals surface area (Å²) in [7, 11) is 0. The van der Waals surface area contributed by atoms with Crippen LogP contribution in [-0.4, -0.2) is 32.2 Å². The van der Waals surface area contributed by atoms with Gasteiger partial charge in [0.1, 0.15) is 17.5 Å².